The van der Waals surface area contributed by atoms with E-state index in [2.05, 4.69) is 10.4 Å². The lowest BCUT2D eigenvalue weighted by atomic mass is 10.3. The van der Waals surface area contributed by atoms with Gasteiger partial charge in [-0.15, -0.1) is 0 Å². The Hall–Kier alpha value is -1.44. The number of nitrogens with zero attached hydrogens (tertiary/aromatic N) is 2. The Balaban J connectivity index is 2.21. The van der Waals surface area contributed by atoms with Crippen molar-refractivity contribution in [2.75, 3.05) is 5.32 Å². The highest BCUT2D eigenvalue weighted by Crippen LogP contribution is 2.19. The summed E-state index contributed by atoms with van der Waals surface area (Å²) >= 11 is 1.97. The van der Waals surface area contributed by atoms with Gasteiger partial charge in [0.15, 0.2) is 5.69 Å². The summed E-state index contributed by atoms with van der Waals surface area (Å²) in [4.78, 5) is 11.9. The molecule has 0 aliphatic carbocycles. The van der Waals surface area contributed by atoms with Crippen molar-refractivity contribution in [1.82, 2.24) is 9.78 Å². The first-order valence-electron chi connectivity index (χ1n) is 5.24. The van der Waals surface area contributed by atoms with E-state index in [-0.39, 0.29) is 11.7 Å². The minimum absolute atomic E-state index is 0.303. The van der Waals surface area contributed by atoms with Crippen molar-refractivity contribution in [3.63, 3.8) is 0 Å². The van der Waals surface area contributed by atoms with Gasteiger partial charge in [-0.1, -0.05) is 0 Å². The molecule has 0 radical (unpaired) electrons. The van der Waals surface area contributed by atoms with Crippen LogP contribution in [0.1, 0.15) is 16.2 Å². The van der Waals surface area contributed by atoms with E-state index in [1.54, 1.807) is 17.8 Å². The van der Waals surface area contributed by atoms with Gasteiger partial charge >= 0.3 is 0 Å². The van der Waals surface area contributed by atoms with Crippen LogP contribution in [0.4, 0.5) is 10.1 Å². The Morgan fingerprint density at radius 2 is 2.17 bits per heavy atom. The minimum atomic E-state index is -0.328. The average molecular weight is 359 g/mol. The zero-order valence-electron chi connectivity index (χ0n) is 9.87. The molecule has 1 aromatic carbocycles. The van der Waals surface area contributed by atoms with Gasteiger partial charge in [0.05, 0.1) is 5.69 Å². The quantitative estimate of drug-likeness (QED) is 0.839. The number of rotatable bonds is 2. The molecule has 0 spiro atoms. The second-order valence-electron chi connectivity index (χ2n) is 3.87. The van der Waals surface area contributed by atoms with Crippen LogP contribution in [0.15, 0.2) is 24.3 Å². The molecule has 4 nitrogen and oxygen atoms in total. The van der Waals surface area contributed by atoms with Crippen LogP contribution in [-0.2, 0) is 7.05 Å². The molecule has 0 aliphatic rings. The van der Waals surface area contributed by atoms with Crippen molar-refractivity contribution in [1.29, 1.82) is 0 Å². The van der Waals surface area contributed by atoms with Gasteiger partial charge in [-0.25, -0.2) is 4.39 Å². The first-order chi connectivity index (χ1) is 8.47. The molecule has 1 aromatic heterocycles. The second kappa shape index (κ2) is 5.05. The summed E-state index contributed by atoms with van der Waals surface area (Å²) in [7, 11) is 1.77. The molecule has 1 heterocycles. The smallest absolute Gasteiger partial charge is 0.276 e. The highest BCUT2D eigenvalue weighted by atomic mass is 127. The molecule has 0 saturated heterocycles. The maximum atomic E-state index is 12.9. The third-order valence-electron chi connectivity index (χ3n) is 2.53. The molecule has 94 valence electrons. The van der Waals surface area contributed by atoms with E-state index in [0.29, 0.717) is 15.0 Å². The first-order valence-corrected chi connectivity index (χ1v) is 6.32. The second-order valence-corrected chi connectivity index (χ2v) is 5.04. The van der Waals surface area contributed by atoms with Gasteiger partial charge in [0.25, 0.3) is 5.91 Å². The zero-order valence-corrected chi connectivity index (χ0v) is 12.0. The van der Waals surface area contributed by atoms with Crippen LogP contribution in [0.25, 0.3) is 0 Å². The van der Waals surface area contributed by atoms with E-state index in [0.717, 1.165) is 5.69 Å². The summed E-state index contributed by atoms with van der Waals surface area (Å²) in [6.07, 6.45) is 0. The summed E-state index contributed by atoms with van der Waals surface area (Å²) in [5.41, 5.74) is 1.81. The van der Waals surface area contributed by atoms with Crippen molar-refractivity contribution >= 4 is 34.2 Å². The summed E-state index contributed by atoms with van der Waals surface area (Å²) in [5.74, 6) is -0.630. The van der Waals surface area contributed by atoms with Crippen LogP contribution in [0.2, 0.25) is 0 Å². The van der Waals surface area contributed by atoms with Crippen LogP contribution in [0.5, 0.6) is 0 Å². The van der Waals surface area contributed by atoms with E-state index in [4.69, 9.17) is 0 Å². The number of benzene rings is 1. The van der Waals surface area contributed by atoms with Crippen molar-refractivity contribution < 1.29 is 9.18 Å². The summed E-state index contributed by atoms with van der Waals surface area (Å²) in [6, 6.07) is 5.90. The predicted octanol–water partition coefficient (Wildman–Crippen LogP) is 2.72. The van der Waals surface area contributed by atoms with Gasteiger partial charge in [-0.2, -0.15) is 5.10 Å². The normalized spacial score (nSPS) is 10.4. The molecule has 2 aromatic rings. The highest BCUT2D eigenvalue weighted by Gasteiger charge is 2.12. The fourth-order valence-electron chi connectivity index (χ4n) is 1.45. The summed E-state index contributed by atoms with van der Waals surface area (Å²) in [5, 5.41) is 6.79. The number of hydrogen-bond acceptors (Lipinski definition) is 2. The van der Waals surface area contributed by atoms with Crippen LogP contribution in [0, 0.1) is 16.3 Å². The fourth-order valence-corrected chi connectivity index (χ4v) is 2.06. The molecule has 18 heavy (non-hydrogen) atoms. The number of carbonyl (C=O) groups excluding carboxylic acids is 1. The molecule has 0 atom stereocenters. The van der Waals surface area contributed by atoms with Gasteiger partial charge in [-0.3, -0.25) is 9.48 Å². The van der Waals surface area contributed by atoms with Gasteiger partial charge in [-0.05, 0) is 53.8 Å². The Labute approximate surface area is 117 Å². The van der Waals surface area contributed by atoms with Crippen LogP contribution in [0.3, 0.4) is 0 Å². The van der Waals surface area contributed by atoms with Crippen LogP contribution in [-0.4, -0.2) is 15.7 Å². The number of carbonyl (C=O) groups is 1. The van der Waals surface area contributed by atoms with E-state index in [1.807, 2.05) is 29.5 Å². The number of hydrogen-bond donors (Lipinski definition) is 1. The maximum absolute atomic E-state index is 12.9. The zero-order chi connectivity index (χ0) is 13.3. The summed E-state index contributed by atoms with van der Waals surface area (Å²) < 4.78 is 15.2. The Morgan fingerprint density at radius 3 is 2.72 bits per heavy atom. The third kappa shape index (κ3) is 2.69. The molecule has 0 aliphatic heterocycles. The Bertz CT molecular complexity index is 590. The number of anilines is 1. The number of nitrogens with one attached hydrogen (secondary N) is 1. The van der Waals surface area contributed by atoms with Crippen molar-refractivity contribution in [2.45, 2.75) is 6.92 Å². The van der Waals surface area contributed by atoms with E-state index in [1.165, 1.54) is 18.2 Å². The Morgan fingerprint density at radius 1 is 1.44 bits per heavy atom. The first kappa shape index (κ1) is 13.0. The van der Waals surface area contributed by atoms with Crippen molar-refractivity contribution in [2.24, 2.45) is 7.05 Å². The largest absolute Gasteiger partial charge is 0.320 e. The van der Waals surface area contributed by atoms with Gasteiger partial charge in [0, 0.05) is 16.3 Å². The number of halogens is 2. The van der Waals surface area contributed by atoms with E-state index < -0.39 is 0 Å². The summed E-state index contributed by atoms with van der Waals surface area (Å²) in [6.45, 7) is 1.87. The molecule has 2 rings (SSSR count). The Kier molecular flexibility index (Phi) is 3.65. The molecular formula is C12H11FIN3O. The number of aryl methyl sites for hydroxylation is 2. The molecule has 0 unspecified atom stereocenters. The fraction of sp³-hybridized carbons (Fsp3) is 0.167. The monoisotopic (exact) mass is 359 g/mol. The molecule has 1 N–H and O–H groups in total. The van der Waals surface area contributed by atoms with Gasteiger partial charge < -0.3 is 5.32 Å². The standard InChI is InChI=1S/C12H11FIN3O/c1-7-5-11(16-17(7)2)12(18)15-10-4-3-8(13)6-9(10)14/h3-6H,1-2H3,(H,15,18). The molecular weight excluding hydrogens is 348 g/mol. The maximum Gasteiger partial charge on any atom is 0.276 e. The highest BCUT2D eigenvalue weighted by molar-refractivity contribution is 14.1. The topological polar surface area (TPSA) is 46.9 Å². The molecule has 1 amide bonds. The number of amides is 1. The lowest BCUT2D eigenvalue weighted by Crippen LogP contribution is -2.14. The molecule has 0 fully saturated rings. The van der Waals surface area contributed by atoms with Gasteiger partial charge in [0.2, 0.25) is 0 Å². The minimum Gasteiger partial charge on any atom is -0.320 e. The van der Waals surface area contributed by atoms with Crippen LogP contribution < -0.4 is 5.32 Å². The lowest BCUT2D eigenvalue weighted by Gasteiger charge is -2.05. The van der Waals surface area contributed by atoms with E-state index in [9.17, 15) is 9.18 Å². The molecule has 0 saturated carbocycles. The third-order valence-corrected chi connectivity index (χ3v) is 3.42. The average Bonchev–Trinajstić information content (AvgIpc) is 2.63. The van der Waals surface area contributed by atoms with Crippen LogP contribution >= 0.6 is 22.6 Å². The van der Waals surface area contributed by atoms with Crippen molar-refractivity contribution in [3.8, 4) is 0 Å². The molecule has 6 heteroatoms. The SMILES string of the molecule is Cc1cc(C(=O)Nc2ccc(F)cc2I)nn1C. The molecule has 0 bridgehead atoms. The predicted molar refractivity (Wildman–Crippen MR) is 75.0 cm³/mol. The lowest BCUT2D eigenvalue weighted by molar-refractivity contribution is 0.102. The number of aromatic nitrogens is 2. The van der Waals surface area contributed by atoms with E-state index >= 15 is 0 Å². The van der Waals surface area contributed by atoms with Crippen molar-refractivity contribution in [3.05, 3.63) is 45.0 Å². The van der Waals surface area contributed by atoms with Gasteiger partial charge in [0.1, 0.15) is 5.82 Å².